The predicted molar refractivity (Wildman–Crippen MR) is 57.4 cm³/mol. The highest BCUT2D eigenvalue weighted by atomic mass is 19.3. The Hall–Kier alpha value is -2.31. The molecule has 94 valence electrons. The maximum atomic E-state index is 12.5. The van der Waals surface area contributed by atoms with Crippen molar-refractivity contribution in [2.45, 2.75) is 13.2 Å². The number of pyridine rings is 1. The molecule has 0 amide bonds. The third-order valence-electron chi connectivity index (χ3n) is 2.21. The van der Waals surface area contributed by atoms with E-state index in [0.29, 0.717) is 16.6 Å². The summed E-state index contributed by atoms with van der Waals surface area (Å²) in [6.07, 6.45) is 4.41. The van der Waals surface area contributed by atoms with Gasteiger partial charge >= 0.3 is 6.55 Å². The number of hydrogen-bond acceptors (Lipinski definition) is 4. The monoisotopic (exact) mass is 253 g/mol. The maximum absolute atomic E-state index is 12.5. The molecule has 0 radical (unpaired) electrons. The zero-order valence-corrected chi connectivity index (χ0v) is 9.16. The van der Waals surface area contributed by atoms with Crippen molar-refractivity contribution in [1.29, 1.82) is 0 Å². The smallest absolute Gasteiger partial charge is 0.320 e. The van der Waals surface area contributed by atoms with Gasteiger partial charge in [-0.1, -0.05) is 0 Å². The van der Waals surface area contributed by atoms with Gasteiger partial charge in [0.25, 0.3) is 0 Å². The number of imidazole rings is 1. The molecule has 0 aliphatic rings. The van der Waals surface area contributed by atoms with Gasteiger partial charge in [-0.05, 0) is 12.1 Å². The van der Waals surface area contributed by atoms with Crippen molar-refractivity contribution in [3.05, 3.63) is 42.2 Å². The second-order valence-corrected chi connectivity index (χ2v) is 3.35. The highest BCUT2D eigenvalue weighted by molar-refractivity contribution is 5.71. The van der Waals surface area contributed by atoms with Crippen LogP contribution in [0.1, 0.15) is 22.9 Å². The van der Waals surface area contributed by atoms with E-state index in [1.54, 1.807) is 0 Å². The van der Waals surface area contributed by atoms with Crippen LogP contribution in [-0.2, 0) is 6.61 Å². The van der Waals surface area contributed by atoms with Gasteiger partial charge in [0.2, 0.25) is 0 Å². The van der Waals surface area contributed by atoms with E-state index in [-0.39, 0.29) is 18.1 Å². The molecule has 5 nitrogen and oxygen atoms in total. The van der Waals surface area contributed by atoms with E-state index in [0.717, 1.165) is 0 Å². The summed E-state index contributed by atoms with van der Waals surface area (Å²) in [4.78, 5) is 17.9. The highest BCUT2D eigenvalue weighted by Gasteiger charge is 2.11. The highest BCUT2D eigenvalue weighted by Crippen LogP contribution is 2.15. The Morgan fingerprint density at radius 3 is 2.83 bits per heavy atom. The van der Waals surface area contributed by atoms with Gasteiger partial charge in [0.1, 0.15) is 18.1 Å². The number of alkyl halides is 2. The van der Waals surface area contributed by atoms with Crippen LogP contribution in [0.2, 0.25) is 0 Å². The van der Waals surface area contributed by atoms with Gasteiger partial charge in [-0.15, -0.1) is 0 Å². The van der Waals surface area contributed by atoms with Crippen molar-refractivity contribution in [2.75, 3.05) is 0 Å². The van der Waals surface area contributed by atoms with Crippen LogP contribution < -0.4 is 4.74 Å². The molecule has 0 atom stereocenters. The van der Waals surface area contributed by atoms with E-state index in [2.05, 4.69) is 9.97 Å². The van der Waals surface area contributed by atoms with E-state index < -0.39 is 6.55 Å². The van der Waals surface area contributed by atoms with Gasteiger partial charge < -0.3 is 4.74 Å². The molecule has 0 spiro atoms. The van der Waals surface area contributed by atoms with E-state index in [9.17, 15) is 13.6 Å². The van der Waals surface area contributed by atoms with Crippen LogP contribution >= 0.6 is 0 Å². The lowest BCUT2D eigenvalue weighted by Gasteiger charge is -2.08. The van der Waals surface area contributed by atoms with Crippen LogP contribution in [0.4, 0.5) is 8.78 Å². The zero-order valence-electron chi connectivity index (χ0n) is 9.16. The van der Waals surface area contributed by atoms with Crippen molar-refractivity contribution in [2.24, 2.45) is 0 Å². The molecule has 18 heavy (non-hydrogen) atoms. The summed E-state index contributed by atoms with van der Waals surface area (Å²) in [6.45, 7) is -2.75. The third-order valence-corrected chi connectivity index (χ3v) is 2.21. The number of aldehydes is 1. The van der Waals surface area contributed by atoms with E-state index in [1.165, 1.54) is 30.7 Å². The van der Waals surface area contributed by atoms with Crippen molar-refractivity contribution >= 4 is 6.29 Å². The predicted octanol–water partition coefficient (Wildman–Crippen LogP) is 2.06. The Bertz CT molecular complexity index is 525. The molecule has 2 rings (SSSR count). The summed E-state index contributed by atoms with van der Waals surface area (Å²) in [7, 11) is 0. The fourth-order valence-electron chi connectivity index (χ4n) is 1.33. The molecule has 0 unspecified atom stereocenters. The van der Waals surface area contributed by atoms with Gasteiger partial charge in [-0.3, -0.25) is 9.36 Å². The van der Waals surface area contributed by atoms with Crippen LogP contribution in [0.3, 0.4) is 0 Å². The summed E-state index contributed by atoms with van der Waals surface area (Å²) in [6, 6.07) is 3.01. The first-order valence-electron chi connectivity index (χ1n) is 5.04. The number of rotatable bonds is 5. The van der Waals surface area contributed by atoms with Crippen molar-refractivity contribution < 1.29 is 18.3 Å². The molecule has 2 aromatic rings. The van der Waals surface area contributed by atoms with Gasteiger partial charge in [0, 0.05) is 12.4 Å². The zero-order chi connectivity index (χ0) is 13.0. The SMILES string of the molecule is O=Cc1ccc(OCc2nccn2C(F)F)cn1. The number of carbonyl (C=O) groups is 1. The molecule has 0 saturated heterocycles. The van der Waals surface area contributed by atoms with Crippen molar-refractivity contribution in [3.8, 4) is 5.75 Å². The second kappa shape index (κ2) is 5.35. The Kier molecular flexibility index (Phi) is 3.61. The van der Waals surface area contributed by atoms with E-state index in [4.69, 9.17) is 4.74 Å². The first-order valence-corrected chi connectivity index (χ1v) is 5.04. The number of halogens is 2. The molecule has 0 aliphatic carbocycles. The average Bonchev–Trinajstić information content (AvgIpc) is 2.85. The third kappa shape index (κ3) is 2.68. The molecule has 0 aliphatic heterocycles. The Labute approximate surface area is 101 Å². The molecule has 0 saturated carbocycles. The Morgan fingerprint density at radius 1 is 1.39 bits per heavy atom. The lowest BCUT2D eigenvalue weighted by atomic mass is 10.4. The van der Waals surface area contributed by atoms with Gasteiger partial charge in [-0.2, -0.15) is 8.78 Å². The molecule has 0 N–H and O–H groups in total. The normalized spacial score (nSPS) is 10.6. The Balaban J connectivity index is 2.02. The molecule has 0 aromatic carbocycles. The molecule has 2 heterocycles. The van der Waals surface area contributed by atoms with Crippen LogP contribution in [0.25, 0.3) is 0 Å². The number of carbonyl (C=O) groups excluding carboxylic acids is 1. The summed E-state index contributed by atoms with van der Waals surface area (Å²) in [5.41, 5.74) is 0.274. The largest absolute Gasteiger partial charge is 0.484 e. The first-order chi connectivity index (χ1) is 8.70. The van der Waals surface area contributed by atoms with Crippen molar-refractivity contribution in [1.82, 2.24) is 14.5 Å². The van der Waals surface area contributed by atoms with Crippen LogP contribution in [0.5, 0.6) is 5.75 Å². The van der Waals surface area contributed by atoms with E-state index in [1.807, 2.05) is 0 Å². The molecule has 2 aromatic heterocycles. The number of aromatic nitrogens is 3. The Morgan fingerprint density at radius 2 is 2.22 bits per heavy atom. The fraction of sp³-hybridized carbons (Fsp3) is 0.182. The maximum Gasteiger partial charge on any atom is 0.320 e. The standard InChI is InChI=1S/C11H9F2N3O2/c12-11(13)16-4-3-14-10(16)7-18-9-2-1-8(6-17)15-5-9/h1-6,11H,7H2. The lowest BCUT2D eigenvalue weighted by Crippen LogP contribution is -2.07. The summed E-state index contributed by atoms with van der Waals surface area (Å²) >= 11 is 0. The lowest BCUT2D eigenvalue weighted by molar-refractivity contribution is 0.0632. The summed E-state index contributed by atoms with van der Waals surface area (Å²) in [5, 5.41) is 0. The van der Waals surface area contributed by atoms with Gasteiger partial charge in [-0.25, -0.2) is 9.97 Å². The molecular formula is C11H9F2N3O2. The fourth-order valence-corrected chi connectivity index (χ4v) is 1.33. The quantitative estimate of drug-likeness (QED) is 0.765. The number of nitrogens with zero attached hydrogens (tertiary/aromatic N) is 3. The topological polar surface area (TPSA) is 57.0 Å². The average molecular weight is 253 g/mol. The number of hydrogen-bond donors (Lipinski definition) is 0. The minimum absolute atomic E-state index is 0.0978. The van der Waals surface area contributed by atoms with Gasteiger partial charge in [0.15, 0.2) is 12.1 Å². The van der Waals surface area contributed by atoms with Gasteiger partial charge in [0.05, 0.1) is 6.20 Å². The first kappa shape index (κ1) is 12.2. The minimum atomic E-state index is -2.65. The number of ether oxygens (including phenoxy) is 1. The van der Waals surface area contributed by atoms with Crippen LogP contribution in [-0.4, -0.2) is 20.8 Å². The van der Waals surface area contributed by atoms with Crippen molar-refractivity contribution in [3.63, 3.8) is 0 Å². The van der Waals surface area contributed by atoms with Crippen LogP contribution in [0.15, 0.2) is 30.7 Å². The van der Waals surface area contributed by atoms with E-state index >= 15 is 0 Å². The second-order valence-electron chi connectivity index (χ2n) is 3.35. The molecular weight excluding hydrogens is 244 g/mol. The van der Waals surface area contributed by atoms with Crippen LogP contribution in [0, 0.1) is 0 Å². The molecule has 0 bridgehead atoms. The molecule has 7 heteroatoms. The summed E-state index contributed by atoms with van der Waals surface area (Å²) in [5.74, 6) is 0.494. The molecule has 0 fully saturated rings. The minimum Gasteiger partial charge on any atom is -0.484 e. The summed E-state index contributed by atoms with van der Waals surface area (Å²) < 4.78 is 31.0.